The highest BCUT2D eigenvalue weighted by atomic mass is 19.4. The van der Waals surface area contributed by atoms with Crippen molar-refractivity contribution in [3.63, 3.8) is 0 Å². The van der Waals surface area contributed by atoms with Crippen LogP contribution >= 0.6 is 0 Å². The number of nitrogens with one attached hydrogen (secondary N) is 1. The van der Waals surface area contributed by atoms with Crippen LogP contribution in [-0.4, -0.2) is 40.4 Å². The van der Waals surface area contributed by atoms with E-state index in [2.05, 4.69) is 15.4 Å². The van der Waals surface area contributed by atoms with Gasteiger partial charge >= 0.3 is 6.18 Å². The fourth-order valence-corrected chi connectivity index (χ4v) is 3.79. The first-order valence-electron chi connectivity index (χ1n) is 9.42. The first-order valence-corrected chi connectivity index (χ1v) is 9.42. The molecule has 0 amide bonds. The second-order valence-corrected chi connectivity index (χ2v) is 7.38. The minimum atomic E-state index is -4.63. The highest BCUT2D eigenvalue weighted by molar-refractivity contribution is 5.68. The lowest BCUT2D eigenvalue weighted by Crippen LogP contribution is -2.46. The first kappa shape index (κ1) is 18.7. The van der Waals surface area contributed by atoms with Crippen molar-refractivity contribution in [3.05, 3.63) is 29.6 Å². The van der Waals surface area contributed by atoms with E-state index in [9.17, 15) is 18.4 Å². The van der Waals surface area contributed by atoms with E-state index < -0.39 is 17.3 Å². The Bertz CT molecular complexity index is 907. The molecule has 0 aromatic carbocycles. The maximum absolute atomic E-state index is 13.7. The lowest BCUT2D eigenvalue weighted by atomic mass is 10.0. The Morgan fingerprint density at radius 1 is 1.25 bits per heavy atom. The Labute approximate surface area is 161 Å². The quantitative estimate of drug-likeness (QED) is 0.870. The minimum absolute atomic E-state index is 0.0633. The van der Waals surface area contributed by atoms with Gasteiger partial charge in [0, 0.05) is 24.3 Å². The van der Waals surface area contributed by atoms with Crippen LogP contribution in [0.1, 0.15) is 43.4 Å². The van der Waals surface area contributed by atoms with E-state index in [0.29, 0.717) is 12.1 Å². The third-order valence-electron chi connectivity index (χ3n) is 5.59. The van der Waals surface area contributed by atoms with Crippen molar-refractivity contribution in [1.82, 2.24) is 20.1 Å². The molecule has 0 aliphatic carbocycles. The van der Waals surface area contributed by atoms with E-state index in [-0.39, 0.29) is 23.6 Å². The Hall–Kier alpha value is -2.60. The normalized spacial score (nSPS) is 20.7. The van der Waals surface area contributed by atoms with E-state index in [1.807, 2.05) is 11.6 Å². The maximum atomic E-state index is 13.7. The van der Waals surface area contributed by atoms with Crippen molar-refractivity contribution in [3.8, 4) is 17.3 Å². The number of anilines is 1. The zero-order valence-corrected chi connectivity index (χ0v) is 15.5. The average molecular weight is 390 g/mol. The number of hydrogen-bond acceptors (Lipinski definition) is 5. The summed E-state index contributed by atoms with van der Waals surface area (Å²) < 4.78 is 42.8. The highest BCUT2D eigenvalue weighted by Crippen LogP contribution is 2.39. The molecule has 9 heteroatoms. The topological polar surface area (TPSA) is 69.8 Å². The molecule has 0 spiro atoms. The summed E-state index contributed by atoms with van der Waals surface area (Å²) in [7, 11) is 0. The number of nitriles is 1. The van der Waals surface area contributed by atoms with Gasteiger partial charge in [-0.05, 0) is 45.3 Å². The van der Waals surface area contributed by atoms with Crippen molar-refractivity contribution in [2.75, 3.05) is 24.5 Å². The molecule has 1 N–H and O–H groups in total. The van der Waals surface area contributed by atoms with Gasteiger partial charge in [-0.1, -0.05) is 0 Å². The van der Waals surface area contributed by atoms with Crippen LogP contribution in [0.4, 0.5) is 19.0 Å². The predicted octanol–water partition coefficient (Wildman–Crippen LogP) is 3.36. The van der Waals surface area contributed by atoms with E-state index in [4.69, 9.17) is 0 Å². The van der Waals surface area contributed by atoms with Crippen LogP contribution in [0.3, 0.4) is 0 Å². The van der Waals surface area contributed by atoms with E-state index >= 15 is 0 Å². The molecule has 2 aliphatic heterocycles. The van der Waals surface area contributed by atoms with Gasteiger partial charge in [0.25, 0.3) is 0 Å². The predicted molar refractivity (Wildman–Crippen MR) is 97.7 cm³/mol. The molecule has 6 nitrogen and oxygen atoms in total. The molecule has 0 bridgehead atoms. The van der Waals surface area contributed by atoms with Crippen LogP contribution in [0.25, 0.3) is 11.3 Å². The van der Waals surface area contributed by atoms with Crippen molar-refractivity contribution >= 4 is 5.82 Å². The number of halogens is 3. The maximum Gasteiger partial charge on any atom is 0.417 e. The van der Waals surface area contributed by atoms with Crippen LogP contribution in [0, 0.1) is 11.3 Å². The van der Waals surface area contributed by atoms with Gasteiger partial charge in [-0.15, -0.1) is 0 Å². The summed E-state index contributed by atoms with van der Waals surface area (Å²) in [5.41, 5.74) is -0.624. The SMILES string of the molecule is CC1CCN1c1nc(-c2cnn(C3CCNCC3)c2)cc(C(F)(F)F)c1C#N. The van der Waals surface area contributed by atoms with Gasteiger partial charge < -0.3 is 10.2 Å². The first-order chi connectivity index (χ1) is 13.4. The number of rotatable bonds is 3. The van der Waals surface area contributed by atoms with E-state index in [1.165, 1.54) is 0 Å². The molecule has 1 unspecified atom stereocenters. The molecular weight excluding hydrogens is 369 g/mol. The number of aromatic nitrogens is 3. The summed E-state index contributed by atoms with van der Waals surface area (Å²) in [6.45, 7) is 4.30. The van der Waals surface area contributed by atoms with Crippen LogP contribution in [0.2, 0.25) is 0 Å². The van der Waals surface area contributed by atoms with Crippen molar-refractivity contribution in [2.24, 2.45) is 0 Å². The summed E-state index contributed by atoms with van der Waals surface area (Å²) in [4.78, 5) is 6.22. The fourth-order valence-electron chi connectivity index (χ4n) is 3.79. The molecule has 0 saturated carbocycles. The Morgan fingerprint density at radius 2 is 2.00 bits per heavy atom. The van der Waals surface area contributed by atoms with Gasteiger partial charge in [-0.3, -0.25) is 4.68 Å². The summed E-state index contributed by atoms with van der Waals surface area (Å²) >= 11 is 0. The number of alkyl halides is 3. The van der Waals surface area contributed by atoms with Gasteiger partial charge in [0.05, 0.1) is 23.5 Å². The molecule has 1 atom stereocenters. The molecule has 2 aliphatic rings. The Morgan fingerprint density at radius 3 is 2.57 bits per heavy atom. The molecular formula is C19H21F3N6. The molecule has 4 rings (SSSR count). The number of hydrogen-bond donors (Lipinski definition) is 1. The van der Waals surface area contributed by atoms with Crippen LogP contribution in [0.15, 0.2) is 18.5 Å². The highest BCUT2D eigenvalue weighted by Gasteiger charge is 2.38. The minimum Gasteiger partial charge on any atom is -0.353 e. The Kier molecular flexibility index (Phi) is 4.75. The zero-order valence-electron chi connectivity index (χ0n) is 15.5. The van der Waals surface area contributed by atoms with Crippen molar-refractivity contribution < 1.29 is 13.2 Å². The van der Waals surface area contributed by atoms with E-state index in [1.54, 1.807) is 23.4 Å². The largest absolute Gasteiger partial charge is 0.417 e. The molecule has 2 aromatic rings. The summed E-state index contributed by atoms with van der Waals surface area (Å²) in [5.74, 6) is 0.112. The third kappa shape index (κ3) is 3.33. The lowest BCUT2D eigenvalue weighted by molar-refractivity contribution is -0.137. The second kappa shape index (κ2) is 7.09. The van der Waals surface area contributed by atoms with Gasteiger partial charge in [0.1, 0.15) is 17.5 Å². The zero-order chi connectivity index (χ0) is 19.9. The average Bonchev–Trinajstić information content (AvgIpc) is 3.16. The number of pyridine rings is 1. The van der Waals surface area contributed by atoms with Crippen LogP contribution < -0.4 is 10.2 Å². The second-order valence-electron chi connectivity index (χ2n) is 7.38. The summed E-state index contributed by atoms with van der Waals surface area (Å²) in [6, 6.07) is 2.98. The smallest absolute Gasteiger partial charge is 0.353 e. The van der Waals surface area contributed by atoms with Crippen molar-refractivity contribution in [2.45, 2.75) is 44.4 Å². The summed E-state index contributed by atoms with van der Waals surface area (Å²) in [6.07, 6.45) is 1.40. The van der Waals surface area contributed by atoms with Gasteiger partial charge in [0.2, 0.25) is 0 Å². The lowest BCUT2D eigenvalue weighted by Gasteiger charge is -2.40. The molecule has 2 aromatic heterocycles. The van der Waals surface area contributed by atoms with Crippen LogP contribution in [0.5, 0.6) is 0 Å². The molecule has 4 heterocycles. The fraction of sp³-hybridized carbons (Fsp3) is 0.526. The standard InChI is InChI=1S/C19H21F3N6/c1-12-4-7-27(12)18-15(9-23)16(19(20,21)22)8-17(26-18)13-10-25-28(11-13)14-2-5-24-6-3-14/h8,10-12,14,24H,2-7H2,1H3. The van der Waals surface area contributed by atoms with Gasteiger partial charge in [-0.2, -0.15) is 23.5 Å². The summed E-state index contributed by atoms with van der Waals surface area (Å²) in [5, 5.41) is 17.1. The van der Waals surface area contributed by atoms with E-state index in [0.717, 1.165) is 38.4 Å². The third-order valence-corrected chi connectivity index (χ3v) is 5.59. The Balaban J connectivity index is 1.78. The monoisotopic (exact) mass is 390 g/mol. The van der Waals surface area contributed by atoms with Gasteiger partial charge in [-0.25, -0.2) is 4.98 Å². The molecule has 0 radical (unpaired) electrons. The number of nitrogens with zero attached hydrogens (tertiary/aromatic N) is 5. The van der Waals surface area contributed by atoms with Crippen LogP contribution in [-0.2, 0) is 6.18 Å². The number of piperidine rings is 1. The molecule has 28 heavy (non-hydrogen) atoms. The van der Waals surface area contributed by atoms with Crippen molar-refractivity contribution in [1.29, 1.82) is 5.26 Å². The molecule has 2 fully saturated rings. The van der Waals surface area contributed by atoms with Gasteiger partial charge in [0.15, 0.2) is 0 Å². The molecule has 2 saturated heterocycles. The molecule has 148 valence electrons.